The number of carbonyl (C=O) groups is 1. The van der Waals surface area contributed by atoms with Crippen molar-refractivity contribution >= 4 is 15.7 Å². The molecule has 2 nitrogen and oxygen atoms in total. The van der Waals surface area contributed by atoms with Crippen LogP contribution in [-0.4, -0.2) is 19.2 Å². The highest BCUT2D eigenvalue weighted by atomic mass is 31.0. The molecule has 0 aliphatic rings. The minimum absolute atomic E-state index is 0.448. The summed E-state index contributed by atoms with van der Waals surface area (Å²) in [7, 11) is 2.45. The van der Waals surface area contributed by atoms with E-state index in [2.05, 4.69) is 14.0 Å². The van der Waals surface area contributed by atoms with Gasteiger partial charge in [0.05, 0.1) is 6.61 Å². The SMILES string of the molecule is O=COCCP. The molecular formula is C3H7O2P. The summed E-state index contributed by atoms with van der Waals surface area (Å²) in [6, 6.07) is 0. The lowest BCUT2D eigenvalue weighted by molar-refractivity contribution is -0.128. The number of hydrogen-bond donors (Lipinski definition) is 0. The highest BCUT2D eigenvalue weighted by Gasteiger charge is 1.71. The summed E-state index contributed by atoms with van der Waals surface area (Å²) in [6.45, 7) is 0.957. The van der Waals surface area contributed by atoms with Gasteiger partial charge in [-0.3, -0.25) is 4.79 Å². The van der Waals surface area contributed by atoms with Gasteiger partial charge in [-0.05, 0) is 6.16 Å². The van der Waals surface area contributed by atoms with E-state index in [0.29, 0.717) is 13.1 Å². The number of hydrogen-bond acceptors (Lipinski definition) is 2. The zero-order valence-corrected chi connectivity index (χ0v) is 4.54. The molecule has 36 valence electrons. The second-order valence-electron chi connectivity index (χ2n) is 0.756. The molecule has 0 aliphatic carbocycles. The highest BCUT2D eigenvalue weighted by molar-refractivity contribution is 7.16. The Balaban J connectivity index is 2.49. The summed E-state index contributed by atoms with van der Waals surface area (Å²) in [6.07, 6.45) is 0.818. The van der Waals surface area contributed by atoms with Crippen LogP contribution < -0.4 is 0 Å². The van der Waals surface area contributed by atoms with Gasteiger partial charge in [0.15, 0.2) is 0 Å². The van der Waals surface area contributed by atoms with Crippen molar-refractivity contribution in [2.75, 3.05) is 12.8 Å². The monoisotopic (exact) mass is 106 g/mol. The van der Waals surface area contributed by atoms with Crippen LogP contribution in [0.3, 0.4) is 0 Å². The predicted octanol–water partition coefficient (Wildman–Crippen LogP) is 0.0345. The number of rotatable bonds is 3. The maximum absolute atomic E-state index is 9.33. The van der Waals surface area contributed by atoms with Crippen LogP contribution in [0.1, 0.15) is 0 Å². The van der Waals surface area contributed by atoms with Crippen LogP contribution in [0.2, 0.25) is 0 Å². The molecule has 0 bridgehead atoms. The molecule has 0 aromatic carbocycles. The topological polar surface area (TPSA) is 26.3 Å². The Kier molecular flexibility index (Phi) is 4.82. The van der Waals surface area contributed by atoms with Crippen LogP contribution in [0.4, 0.5) is 0 Å². The average molecular weight is 106 g/mol. The van der Waals surface area contributed by atoms with Crippen molar-refractivity contribution in [2.45, 2.75) is 0 Å². The van der Waals surface area contributed by atoms with E-state index in [1.165, 1.54) is 0 Å². The maximum atomic E-state index is 9.33. The summed E-state index contributed by atoms with van der Waals surface area (Å²) < 4.78 is 4.28. The standard InChI is InChI=1S/C3H7O2P/c4-3-5-1-2-6/h3H,1-2,6H2. The van der Waals surface area contributed by atoms with E-state index in [0.717, 1.165) is 6.16 Å². The van der Waals surface area contributed by atoms with E-state index in [1.54, 1.807) is 0 Å². The summed E-state index contributed by atoms with van der Waals surface area (Å²) in [5.41, 5.74) is 0. The lowest BCUT2D eigenvalue weighted by Crippen LogP contribution is -1.89. The van der Waals surface area contributed by atoms with Gasteiger partial charge in [-0.2, -0.15) is 0 Å². The normalized spacial score (nSPS) is 7.50. The largest absolute Gasteiger partial charge is 0.468 e. The van der Waals surface area contributed by atoms with Crippen LogP contribution >= 0.6 is 9.24 Å². The molecule has 0 spiro atoms. The van der Waals surface area contributed by atoms with E-state index in [1.807, 2.05) is 0 Å². The van der Waals surface area contributed by atoms with Gasteiger partial charge >= 0.3 is 0 Å². The molecule has 0 saturated carbocycles. The predicted molar refractivity (Wildman–Crippen MR) is 26.6 cm³/mol. The Hall–Kier alpha value is -0.100. The van der Waals surface area contributed by atoms with E-state index in [9.17, 15) is 4.79 Å². The first-order valence-corrected chi connectivity index (χ1v) is 2.48. The van der Waals surface area contributed by atoms with E-state index >= 15 is 0 Å². The van der Waals surface area contributed by atoms with Gasteiger partial charge in [-0.1, -0.05) is 0 Å². The molecule has 0 amide bonds. The van der Waals surface area contributed by atoms with Crippen molar-refractivity contribution < 1.29 is 9.53 Å². The van der Waals surface area contributed by atoms with Crippen molar-refractivity contribution in [3.8, 4) is 0 Å². The zero-order chi connectivity index (χ0) is 4.83. The van der Waals surface area contributed by atoms with Crippen LogP contribution in [0.5, 0.6) is 0 Å². The van der Waals surface area contributed by atoms with Crippen molar-refractivity contribution in [2.24, 2.45) is 0 Å². The molecule has 0 N–H and O–H groups in total. The van der Waals surface area contributed by atoms with Gasteiger partial charge in [0.2, 0.25) is 0 Å². The molecule has 0 rings (SSSR count). The van der Waals surface area contributed by atoms with Gasteiger partial charge in [-0.25, -0.2) is 0 Å². The third kappa shape index (κ3) is 3.90. The Morgan fingerprint density at radius 1 is 1.83 bits per heavy atom. The van der Waals surface area contributed by atoms with Gasteiger partial charge in [-0.15, -0.1) is 9.24 Å². The molecule has 0 radical (unpaired) electrons. The maximum Gasteiger partial charge on any atom is 0.293 e. The van der Waals surface area contributed by atoms with Crippen molar-refractivity contribution in [3.63, 3.8) is 0 Å². The molecular weight excluding hydrogens is 99.0 g/mol. The Bertz CT molecular complexity index is 37.8. The van der Waals surface area contributed by atoms with Crippen molar-refractivity contribution in [3.05, 3.63) is 0 Å². The van der Waals surface area contributed by atoms with Crippen molar-refractivity contribution in [1.29, 1.82) is 0 Å². The Labute approximate surface area is 39.1 Å². The third-order valence-corrected chi connectivity index (χ3v) is 0.539. The summed E-state index contributed by atoms with van der Waals surface area (Å²) in [4.78, 5) is 9.33. The Morgan fingerprint density at radius 2 is 2.50 bits per heavy atom. The minimum Gasteiger partial charge on any atom is -0.468 e. The molecule has 0 fully saturated rings. The zero-order valence-electron chi connectivity index (χ0n) is 3.39. The first kappa shape index (κ1) is 5.90. The molecule has 0 aromatic heterocycles. The molecule has 0 heterocycles. The quantitative estimate of drug-likeness (QED) is 0.288. The van der Waals surface area contributed by atoms with Crippen LogP contribution in [0, 0.1) is 0 Å². The van der Waals surface area contributed by atoms with E-state index in [4.69, 9.17) is 0 Å². The van der Waals surface area contributed by atoms with Crippen LogP contribution in [0.25, 0.3) is 0 Å². The summed E-state index contributed by atoms with van der Waals surface area (Å²) in [5, 5.41) is 0. The fourth-order valence-electron chi connectivity index (χ4n) is 0.116. The first-order valence-electron chi connectivity index (χ1n) is 1.67. The smallest absolute Gasteiger partial charge is 0.293 e. The molecule has 0 saturated heterocycles. The Morgan fingerprint density at radius 3 is 2.67 bits per heavy atom. The number of ether oxygens (including phenoxy) is 1. The number of carbonyl (C=O) groups excluding carboxylic acids is 1. The van der Waals surface area contributed by atoms with E-state index < -0.39 is 0 Å². The molecule has 0 aliphatic heterocycles. The fourth-order valence-corrected chi connectivity index (χ4v) is 0.252. The second-order valence-corrected chi connectivity index (χ2v) is 1.33. The fraction of sp³-hybridized carbons (Fsp3) is 0.667. The second kappa shape index (κ2) is 4.90. The molecule has 0 aromatic rings. The van der Waals surface area contributed by atoms with Crippen molar-refractivity contribution in [1.82, 2.24) is 0 Å². The van der Waals surface area contributed by atoms with Crippen LogP contribution in [-0.2, 0) is 9.53 Å². The molecule has 1 atom stereocenters. The minimum atomic E-state index is 0.448. The van der Waals surface area contributed by atoms with Gasteiger partial charge < -0.3 is 4.74 Å². The lowest BCUT2D eigenvalue weighted by atomic mass is 10.9. The third-order valence-electron chi connectivity index (χ3n) is 0.304. The van der Waals surface area contributed by atoms with Gasteiger partial charge in [0, 0.05) is 0 Å². The van der Waals surface area contributed by atoms with Gasteiger partial charge in [0.25, 0.3) is 6.47 Å². The average Bonchev–Trinajstić information content (AvgIpc) is 1.61. The summed E-state index contributed by atoms with van der Waals surface area (Å²) in [5.74, 6) is 0. The van der Waals surface area contributed by atoms with Gasteiger partial charge in [0.1, 0.15) is 0 Å². The summed E-state index contributed by atoms with van der Waals surface area (Å²) >= 11 is 0. The van der Waals surface area contributed by atoms with E-state index in [-0.39, 0.29) is 0 Å². The first-order chi connectivity index (χ1) is 2.91. The molecule has 1 unspecified atom stereocenters. The highest BCUT2D eigenvalue weighted by Crippen LogP contribution is 1.76. The lowest BCUT2D eigenvalue weighted by Gasteiger charge is -1.86. The van der Waals surface area contributed by atoms with Crippen LogP contribution in [0.15, 0.2) is 0 Å². The molecule has 3 heteroatoms. The molecule has 6 heavy (non-hydrogen) atoms.